The molecule has 0 aliphatic rings. The number of hydrogen-bond acceptors (Lipinski definition) is 4. The molecular formula is C11H16N2O2. The summed E-state index contributed by atoms with van der Waals surface area (Å²) in [7, 11) is 0. The van der Waals surface area contributed by atoms with E-state index in [1.54, 1.807) is 6.92 Å². The summed E-state index contributed by atoms with van der Waals surface area (Å²) in [5.41, 5.74) is 5.26. The molecule has 4 nitrogen and oxygen atoms in total. The van der Waals surface area contributed by atoms with E-state index < -0.39 is 0 Å². The summed E-state index contributed by atoms with van der Waals surface area (Å²) in [6, 6.07) is 5.66. The number of benzene rings is 1. The molecule has 0 saturated carbocycles. The van der Waals surface area contributed by atoms with Crippen LogP contribution in [0.2, 0.25) is 0 Å². The molecule has 0 fully saturated rings. The van der Waals surface area contributed by atoms with Crippen LogP contribution in [-0.4, -0.2) is 12.6 Å². The Kier molecular flexibility index (Phi) is 4.12. The van der Waals surface area contributed by atoms with Gasteiger partial charge in [-0.25, -0.2) is 0 Å². The lowest BCUT2D eigenvalue weighted by Crippen LogP contribution is -2.14. The fraction of sp³-hybridized carbons (Fsp3) is 0.364. The minimum atomic E-state index is -0.233. The molecule has 0 aromatic heterocycles. The van der Waals surface area contributed by atoms with Gasteiger partial charge < -0.3 is 10.2 Å². The second kappa shape index (κ2) is 5.36. The highest BCUT2D eigenvalue weighted by Gasteiger charge is 2.10. The number of esters is 1. The fourth-order valence-electron chi connectivity index (χ4n) is 1.43. The van der Waals surface area contributed by atoms with Crippen LogP contribution in [-0.2, 0) is 16.0 Å². The van der Waals surface area contributed by atoms with Crippen LogP contribution in [0.15, 0.2) is 18.2 Å². The summed E-state index contributed by atoms with van der Waals surface area (Å²) >= 11 is 0. The number of hydrogen-bond donors (Lipinski definition) is 2. The van der Waals surface area contributed by atoms with E-state index >= 15 is 0 Å². The molecule has 0 aliphatic carbocycles. The van der Waals surface area contributed by atoms with Crippen LogP contribution in [0.3, 0.4) is 0 Å². The predicted octanol–water partition coefficient (Wildman–Crippen LogP) is 1.39. The number of anilines is 1. The first-order chi connectivity index (χ1) is 7.19. The first-order valence-corrected chi connectivity index (χ1v) is 4.89. The first-order valence-electron chi connectivity index (χ1n) is 4.89. The maximum Gasteiger partial charge on any atom is 0.310 e. The van der Waals surface area contributed by atoms with E-state index in [0.717, 1.165) is 16.8 Å². The van der Waals surface area contributed by atoms with E-state index in [1.165, 1.54) is 0 Å². The van der Waals surface area contributed by atoms with Gasteiger partial charge in [-0.15, -0.1) is 0 Å². The van der Waals surface area contributed by atoms with Gasteiger partial charge >= 0.3 is 5.97 Å². The molecular weight excluding hydrogens is 192 g/mol. The molecule has 1 rings (SSSR count). The van der Waals surface area contributed by atoms with Crippen LogP contribution in [0, 0.1) is 6.92 Å². The highest BCUT2D eigenvalue weighted by molar-refractivity contribution is 5.76. The molecule has 3 N–H and O–H groups in total. The van der Waals surface area contributed by atoms with Crippen molar-refractivity contribution in [2.24, 2.45) is 5.84 Å². The molecule has 0 heterocycles. The monoisotopic (exact) mass is 208 g/mol. The van der Waals surface area contributed by atoms with E-state index in [9.17, 15) is 4.79 Å². The normalized spacial score (nSPS) is 9.80. The second-order valence-electron chi connectivity index (χ2n) is 3.23. The fourth-order valence-corrected chi connectivity index (χ4v) is 1.43. The van der Waals surface area contributed by atoms with E-state index in [1.807, 2.05) is 25.1 Å². The van der Waals surface area contributed by atoms with Crippen LogP contribution >= 0.6 is 0 Å². The minimum Gasteiger partial charge on any atom is -0.466 e. The summed E-state index contributed by atoms with van der Waals surface area (Å²) in [5.74, 6) is 5.13. The third-order valence-electron chi connectivity index (χ3n) is 2.19. The zero-order valence-corrected chi connectivity index (χ0v) is 9.04. The Morgan fingerprint density at radius 1 is 1.53 bits per heavy atom. The third kappa shape index (κ3) is 2.95. The topological polar surface area (TPSA) is 64.3 Å². The van der Waals surface area contributed by atoms with Gasteiger partial charge in [-0.05, 0) is 31.0 Å². The van der Waals surface area contributed by atoms with Crippen molar-refractivity contribution in [1.82, 2.24) is 0 Å². The highest BCUT2D eigenvalue weighted by atomic mass is 16.5. The standard InChI is InChI=1S/C11H16N2O2/c1-3-15-11(14)7-9-8(2)5-4-6-10(9)13-12/h4-6,13H,3,7,12H2,1-2H3. The number of nitrogens with one attached hydrogen (secondary N) is 1. The Labute approximate surface area is 89.4 Å². The SMILES string of the molecule is CCOC(=O)Cc1c(C)cccc1NN. The van der Waals surface area contributed by atoms with Crippen LogP contribution in [0.25, 0.3) is 0 Å². The van der Waals surface area contributed by atoms with Crippen LogP contribution < -0.4 is 11.3 Å². The number of aryl methyl sites for hydroxylation is 1. The maximum absolute atomic E-state index is 11.3. The van der Waals surface area contributed by atoms with Crippen molar-refractivity contribution in [1.29, 1.82) is 0 Å². The number of nitrogens with two attached hydrogens (primary N) is 1. The number of nitrogen functional groups attached to an aromatic ring is 1. The average Bonchev–Trinajstić information content (AvgIpc) is 2.21. The largest absolute Gasteiger partial charge is 0.466 e. The van der Waals surface area contributed by atoms with E-state index in [2.05, 4.69) is 5.43 Å². The van der Waals surface area contributed by atoms with Gasteiger partial charge in [-0.2, -0.15) is 0 Å². The van der Waals surface area contributed by atoms with Crippen molar-refractivity contribution in [2.45, 2.75) is 20.3 Å². The first kappa shape index (κ1) is 11.5. The quantitative estimate of drug-likeness (QED) is 0.446. The number of carbonyl (C=O) groups is 1. The molecule has 0 amide bonds. The van der Waals surface area contributed by atoms with Gasteiger partial charge in [0.25, 0.3) is 0 Å². The lowest BCUT2D eigenvalue weighted by molar-refractivity contribution is -0.142. The van der Waals surface area contributed by atoms with Crippen LogP contribution in [0.4, 0.5) is 5.69 Å². The molecule has 0 atom stereocenters. The van der Waals surface area contributed by atoms with Gasteiger partial charge in [0.1, 0.15) is 0 Å². The molecule has 0 unspecified atom stereocenters. The number of hydrazine groups is 1. The average molecular weight is 208 g/mol. The highest BCUT2D eigenvalue weighted by Crippen LogP contribution is 2.19. The smallest absolute Gasteiger partial charge is 0.310 e. The predicted molar refractivity (Wildman–Crippen MR) is 59.3 cm³/mol. The van der Waals surface area contributed by atoms with Crippen molar-refractivity contribution in [3.63, 3.8) is 0 Å². The molecule has 4 heteroatoms. The Morgan fingerprint density at radius 2 is 2.27 bits per heavy atom. The van der Waals surface area contributed by atoms with Gasteiger partial charge in [0.15, 0.2) is 0 Å². The minimum absolute atomic E-state index is 0.233. The summed E-state index contributed by atoms with van der Waals surface area (Å²) in [6.45, 7) is 4.13. The van der Waals surface area contributed by atoms with Gasteiger partial charge in [-0.3, -0.25) is 10.6 Å². The Morgan fingerprint density at radius 3 is 2.87 bits per heavy atom. The van der Waals surface area contributed by atoms with Crippen molar-refractivity contribution >= 4 is 11.7 Å². The molecule has 1 aromatic rings. The number of rotatable bonds is 4. The van der Waals surface area contributed by atoms with Crippen molar-refractivity contribution in [2.75, 3.05) is 12.0 Å². The van der Waals surface area contributed by atoms with Crippen molar-refractivity contribution in [3.8, 4) is 0 Å². The van der Waals surface area contributed by atoms with Gasteiger partial charge in [0.2, 0.25) is 0 Å². The Hall–Kier alpha value is -1.55. The molecule has 0 saturated heterocycles. The van der Waals surface area contributed by atoms with E-state index in [0.29, 0.717) is 6.61 Å². The zero-order chi connectivity index (χ0) is 11.3. The molecule has 0 spiro atoms. The Bertz CT molecular complexity index is 350. The van der Waals surface area contributed by atoms with E-state index in [-0.39, 0.29) is 12.4 Å². The van der Waals surface area contributed by atoms with Gasteiger partial charge in [-0.1, -0.05) is 12.1 Å². The Balaban J connectivity index is 2.87. The van der Waals surface area contributed by atoms with Crippen LogP contribution in [0.1, 0.15) is 18.1 Å². The maximum atomic E-state index is 11.3. The summed E-state index contributed by atoms with van der Waals surface area (Å²) in [4.78, 5) is 11.3. The number of carbonyl (C=O) groups excluding carboxylic acids is 1. The summed E-state index contributed by atoms with van der Waals surface area (Å²) in [5, 5.41) is 0. The lowest BCUT2D eigenvalue weighted by atomic mass is 10.0. The summed E-state index contributed by atoms with van der Waals surface area (Å²) in [6.07, 6.45) is 0.250. The van der Waals surface area contributed by atoms with Gasteiger partial charge in [0.05, 0.1) is 18.7 Å². The molecule has 1 aromatic carbocycles. The van der Waals surface area contributed by atoms with Crippen LogP contribution in [0.5, 0.6) is 0 Å². The zero-order valence-electron chi connectivity index (χ0n) is 9.04. The van der Waals surface area contributed by atoms with Gasteiger partial charge in [0, 0.05) is 0 Å². The molecule has 0 aliphatic heterocycles. The summed E-state index contributed by atoms with van der Waals surface area (Å²) < 4.78 is 4.89. The van der Waals surface area contributed by atoms with E-state index in [4.69, 9.17) is 10.6 Å². The second-order valence-corrected chi connectivity index (χ2v) is 3.23. The number of ether oxygens (including phenoxy) is 1. The molecule has 82 valence electrons. The third-order valence-corrected chi connectivity index (χ3v) is 2.19. The van der Waals surface area contributed by atoms with Crippen molar-refractivity contribution < 1.29 is 9.53 Å². The van der Waals surface area contributed by atoms with Crippen molar-refractivity contribution in [3.05, 3.63) is 29.3 Å². The lowest BCUT2D eigenvalue weighted by Gasteiger charge is -2.11. The molecule has 15 heavy (non-hydrogen) atoms. The molecule has 0 radical (unpaired) electrons. The molecule has 0 bridgehead atoms.